The SMILES string of the molecule is CCOc1nccc(-c2cn[nH]c(=S)c2)c1F. The molecule has 2 aromatic heterocycles. The molecular weight excluding hydrogens is 241 g/mol. The lowest BCUT2D eigenvalue weighted by Crippen LogP contribution is -1.99. The number of halogens is 1. The summed E-state index contributed by atoms with van der Waals surface area (Å²) in [5.41, 5.74) is 0.964. The molecule has 0 bridgehead atoms. The number of pyridine rings is 1. The summed E-state index contributed by atoms with van der Waals surface area (Å²) < 4.78 is 19.5. The van der Waals surface area contributed by atoms with Crippen LogP contribution in [0.1, 0.15) is 6.92 Å². The van der Waals surface area contributed by atoms with E-state index in [0.29, 0.717) is 22.4 Å². The molecule has 0 atom stereocenters. The molecule has 2 rings (SSSR count). The maximum Gasteiger partial charge on any atom is 0.251 e. The largest absolute Gasteiger partial charge is 0.476 e. The lowest BCUT2D eigenvalue weighted by molar-refractivity contribution is 0.308. The van der Waals surface area contributed by atoms with Crippen molar-refractivity contribution in [3.8, 4) is 17.0 Å². The maximum atomic E-state index is 14.0. The van der Waals surface area contributed by atoms with E-state index < -0.39 is 5.82 Å². The molecule has 1 N–H and O–H groups in total. The highest BCUT2D eigenvalue weighted by Crippen LogP contribution is 2.26. The minimum atomic E-state index is -0.503. The van der Waals surface area contributed by atoms with Crippen molar-refractivity contribution in [1.82, 2.24) is 15.2 Å². The van der Waals surface area contributed by atoms with Gasteiger partial charge in [0.1, 0.15) is 4.64 Å². The lowest BCUT2D eigenvalue weighted by Gasteiger charge is -2.07. The van der Waals surface area contributed by atoms with Gasteiger partial charge >= 0.3 is 0 Å². The van der Waals surface area contributed by atoms with Gasteiger partial charge in [-0.3, -0.25) is 5.10 Å². The maximum absolute atomic E-state index is 14.0. The average Bonchev–Trinajstić information content (AvgIpc) is 2.32. The van der Waals surface area contributed by atoms with Gasteiger partial charge in [-0.1, -0.05) is 12.2 Å². The van der Waals surface area contributed by atoms with Crippen molar-refractivity contribution in [1.29, 1.82) is 0 Å². The molecule has 0 aromatic carbocycles. The van der Waals surface area contributed by atoms with Crippen molar-refractivity contribution < 1.29 is 9.13 Å². The number of nitrogens with zero attached hydrogens (tertiary/aromatic N) is 2. The van der Waals surface area contributed by atoms with Crippen molar-refractivity contribution in [2.24, 2.45) is 0 Å². The van der Waals surface area contributed by atoms with E-state index in [4.69, 9.17) is 17.0 Å². The highest BCUT2D eigenvalue weighted by Gasteiger charge is 2.12. The van der Waals surface area contributed by atoms with E-state index in [1.54, 1.807) is 19.1 Å². The van der Waals surface area contributed by atoms with E-state index in [0.717, 1.165) is 0 Å². The van der Waals surface area contributed by atoms with Crippen LogP contribution < -0.4 is 4.74 Å². The quantitative estimate of drug-likeness (QED) is 0.852. The monoisotopic (exact) mass is 251 g/mol. The van der Waals surface area contributed by atoms with Gasteiger partial charge in [-0.25, -0.2) is 9.37 Å². The fourth-order valence-electron chi connectivity index (χ4n) is 1.41. The number of ether oxygens (including phenoxy) is 1. The topological polar surface area (TPSA) is 50.8 Å². The molecular formula is C11H10FN3OS. The zero-order valence-corrected chi connectivity index (χ0v) is 9.92. The molecule has 0 aliphatic rings. The van der Waals surface area contributed by atoms with Crippen LogP contribution in [0.25, 0.3) is 11.1 Å². The first kappa shape index (κ1) is 11.7. The van der Waals surface area contributed by atoms with E-state index in [-0.39, 0.29) is 5.88 Å². The molecule has 17 heavy (non-hydrogen) atoms. The summed E-state index contributed by atoms with van der Waals surface area (Å²) in [6, 6.07) is 3.19. The second kappa shape index (κ2) is 5.01. The normalized spacial score (nSPS) is 10.2. The van der Waals surface area contributed by atoms with Crippen LogP contribution >= 0.6 is 12.2 Å². The molecule has 0 amide bonds. The van der Waals surface area contributed by atoms with Crippen LogP contribution in [0.4, 0.5) is 4.39 Å². The van der Waals surface area contributed by atoms with E-state index in [9.17, 15) is 4.39 Å². The zero-order valence-electron chi connectivity index (χ0n) is 9.11. The highest BCUT2D eigenvalue weighted by molar-refractivity contribution is 7.71. The van der Waals surface area contributed by atoms with Crippen LogP contribution in [0.3, 0.4) is 0 Å². The van der Waals surface area contributed by atoms with E-state index in [1.807, 2.05) is 0 Å². The molecule has 0 radical (unpaired) electrons. The molecule has 2 aromatic rings. The molecule has 4 nitrogen and oxygen atoms in total. The smallest absolute Gasteiger partial charge is 0.251 e. The first-order chi connectivity index (χ1) is 8.22. The minimum absolute atomic E-state index is 0.0104. The van der Waals surface area contributed by atoms with Gasteiger partial charge in [0.25, 0.3) is 5.88 Å². The Morgan fingerprint density at radius 3 is 3.06 bits per heavy atom. The molecule has 0 fully saturated rings. The molecule has 2 heterocycles. The van der Waals surface area contributed by atoms with Gasteiger partial charge in [-0.2, -0.15) is 5.10 Å². The Morgan fingerprint density at radius 1 is 1.53 bits per heavy atom. The van der Waals surface area contributed by atoms with Gasteiger partial charge in [-0.15, -0.1) is 0 Å². The predicted octanol–water partition coefficient (Wildman–Crippen LogP) is 2.74. The average molecular weight is 251 g/mol. The molecule has 0 unspecified atom stereocenters. The molecule has 0 saturated heterocycles. The second-order valence-corrected chi connectivity index (χ2v) is 3.68. The summed E-state index contributed by atoms with van der Waals surface area (Å²) >= 11 is 4.94. The fraction of sp³-hybridized carbons (Fsp3) is 0.182. The number of aromatic nitrogens is 3. The standard InChI is InChI=1S/C11H10FN3OS/c1-2-16-11-10(12)8(3-4-13-11)7-5-9(17)15-14-6-7/h3-6H,2H2,1H3,(H,15,17). The van der Waals surface area contributed by atoms with Gasteiger partial charge in [0.2, 0.25) is 0 Å². The third kappa shape index (κ3) is 2.47. The zero-order chi connectivity index (χ0) is 12.3. The van der Waals surface area contributed by atoms with Crippen LogP contribution in [-0.2, 0) is 0 Å². The van der Waals surface area contributed by atoms with Gasteiger partial charge in [-0.05, 0) is 19.1 Å². The van der Waals surface area contributed by atoms with Crippen molar-refractivity contribution >= 4 is 12.2 Å². The molecule has 88 valence electrons. The number of rotatable bonds is 3. The third-order valence-corrected chi connectivity index (χ3v) is 2.32. The van der Waals surface area contributed by atoms with Crippen LogP contribution in [0, 0.1) is 10.5 Å². The minimum Gasteiger partial charge on any atom is -0.476 e. The summed E-state index contributed by atoms with van der Waals surface area (Å²) in [6.07, 6.45) is 2.99. The summed E-state index contributed by atoms with van der Waals surface area (Å²) in [5.74, 6) is -0.513. The number of hydrogen-bond acceptors (Lipinski definition) is 4. The molecule has 0 aliphatic carbocycles. The Hall–Kier alpha value is -1.82. The third-order valence-electron chi connectivity index (χ3n) is 2.11. The Bertz CT molecular complexity index is 585. The van der Waals surface area contributed by atoms with E-state index >= 15 is 0 Å². The van der Waals surface area contributed by atoms with Crippen molar-refractivity contribution in [3.63, 3.8) is 0 Å². The Morgan fingerprint density at radius 2 is 2.35 bits per heavy atom. The first-order valence-corrected chi connectivity index (χ1v) is 5.45. The Labute approximate surface area is 102 Å². The highest BCUT2D eigenvalue weighted by atomic mass is 32.1. The van der Waals surface area contributed by atoms with Crippen LogP contribution in [-0.4, -0.2) is 21.8 Å². The molecule has 0 saturated carbocycles. The van der Waals surface area contributed by atoms with Gasteiger partial charge in [0.15, 0.2) is 5.82 Å². The van der Waals surface area contributed by atoms with E-state index in [1.165, 1.54) is 12.4 Å². The number of nitrogens with one attached hydrogen (secondary N) is 1. The second-order valence-electron chi connectivity index (χ2n) is 3.24. The van der Waals surface area contributed by atoms with Gasteiger partial charge in [0, 0.05) is 17.3 Å². The van der Waals surface area contributed by atoms with E-state index in [2.05, 4.69) is 15.2 Å². The summed E-state index contributed by atoms with van der Waals surface area (Å²) in [6.45, 7) is 2.13. The lowest BCUT2D eigenvalue weighted by atomic mass is 10.1. The number of aromatic amines is 1. The number of H-pyrrole nitrogens is 1. The molecule has 0 aliphatic heterocycles. The van der Waals surface area contributed by atoms with Crippen molar-refractivity contribution in [2.45, 2.75) is 6.92 Å². The van der Waals surface area contributed by atoms with Crippen LogP contribution in [0.5, 0.6) is 5.88 Å². The van der Waals surface area contributed by atoms with Crippen molar-refractivity contribution in [3.05, 3.63) is 35.0 Å². The fourth-order valence-corrected chi connectivity index (χ4v) is 1.59. The molecule has 6 heteroatoms. The number of hydrogen-bond donors (Lipinski definition) is 1. The Balaban J connectivity index is 2.52. The summed E-state index contributed by atoms with van der Waals surface area (Å²) in [4.78, 5) is 3.83. The molecule has 0 spiro atoms. The summed E-state index contributed by atoms with van der Waals surface area (Å²) in [5, 5.41) is 6.42. The predicted molar refractivity (Wildman–Crippen MR) is 63.8 cm³/mol. The first-order valence-electron chi connectivity index (χ1n) is 5.04. The van der Waals surface area contributed by atoms with Crippen LogP contribution in [0.15, 0.2) is 24.5 Å². The van der Waals surface area contributed by atoms with Crippen LogP contribution in [0.2, 0.25) is 0 Å². The van der Waals surface area contributed by atoms with Gasteiger partial charge in [0.05, 0.1) is 12.8 Å². The van der Waals surface area contributed by atoms with Gasteiger partial charge < -0.3 is 4.74 Å². The Kier molecular flexibility index (Phi) is 3.43. The van der Waals surface area contributed by atoms with Crippen molar-refractivity contribution in [2.75, 3.05) is 6.61 Å². The summed E-state index contributed by atoms with van der Waals surface area (Å²) in [7, 11) is 0.